The number of carbonyl (C=O) groups is 1. The summed E-state index contributed by atoms with van der Waals surface area (Å²) in [4.78, 5) is 12.0. The van der Waals surface area contributed by atoms with E-state index in [1.54, 1.807) is 7.11 Å². The van der Waals surface area contributed by atoms with Gasteiger partial charge in [-0.1, -0.05) is 46.3 Å². The largest absolute Gasteiger partial charge is 0.496 e. The Bertz CT molecular complexity index is 581. The third kappa shape index (κ3) is 3.84. The lowest BCUT2D eigenvalue weighted by molar-refractivity contribution is -0.115. The molecule has 20 heavy (non-hydrogen) atoms. The lowest BCUT2D eigenvalue weighted by Gasteiger charge is -2.09. The lowest BCUT2D eigenvalue weighted by atomic mass is 10.1. The molecule has 0 atom stereocenters. The van der Waals surface area contributed by atoms with Gasteiger partial charge < -0.3 is 10.1 Å². The number of ether oxygens (including phenoxy) is 1. The molecule has 3 nitrogen and oxygen atoms in total. The second-order valence-electron chi connectivity index (χ2n) is 4.37. The first kappa shape index (κ1) is 14.6. The SMILES string of the molecule is COc1ccccc1CC(=O)Nc1ccc(CBr)cc1. The zero-order valence-electron chi connectivity index (χ0n) is 11.2. The van der Waals surface area contributed by atoms with Crippen LogP contribution < -0.4 is 10.1 Å². The molecule has 1 amide bonds. The van der Waals surface area contributed by atoms with Gasteiger partial charge in [-0.2, -0.15) is 0 Å². The van der Waals surface area contributed by atoms with Gasteiger partial charge in [0.1, 0.15) is 5.75 Å². The molecule has 0 radical (unpaired) electrons. The number of amides is 1. The van der Waals surface area contributed by atoms with E-state index in [-0.39, 0.29) is 5.91 Å². The predicted molar refractivity (Wildman–Crippen MR) is 84.4 cm³/mol. The van der Waals surface area contributed by atoms with E-state index in [4.69, 9.17) is 4.74 Å². The van der Waals surface area contributed by atoms with E-state index in [2.05, 4.69) is 21.2 Å². The van der Waals surface area contributed by atoms with Gasteiger partial charge in [0.05, 0.1) is 13.5 Å². The molecule has 0 fully saturated rings. The number of hydrogen-bond donors (Lipinski definition) is 1. The minimum absolute atomic E-state index is 0.0545. The number of methoxy groups -OCH3 is 1. The molecule has 0 aliphatic carbocycles. The summed E-state index contributed by atoms with van der Waals surface area (Å²) in [6.07, 6.45) is 0.296. The molecular formula is C16H16BrNO2. The van der Waals surface area contributed by atoms with Crippen molar-refractivity contribution in [3.63, 3.8) is 0 Å². The maximum atomic E-state index is 12.0. The van der Waals surface area contributed by atoms with Crippen molar-refractivity contribution in [2.45, 2.75) is 11.8 Å². The van der Waals surface area contributed by atoms with Gasteiger partial charge in [-0.05, 0) is 23.8 Å². The van der Waals surface area contributed by atoms with Crippen LogP contribution in [-0.2, 0) is 16.5 Å². The van der Waals surface area contributed by atoms with Crippen LogP contribution in [0.4, 0.5) is 5.69 Å². The Labute approximate surface area is 127 Å². The third-order valence-electron chi connectivity index (χ3n) is 2.94. The van der Waals surface area contributed by atoms with Crippen molar-refractivity contribution in [3.05, 3.63) is 59.7 Å². The number of halogens is 1. The van der Waals surface area contributed by atoms with E-state index in [0.717, 1.165) is 22.3 Å². The maximum Gasteiger partial charge on any atom is 0.228 e. The molecule has 0 unspecified atom stereocenters. The Morgan fingerprint density at radius 3 is 2.50 bits per heavy atom. The van der Waals surface area contributed by atoms with Crippen molar-refractivity contribution in [1.29, 1.82) is 0 Å². The summed E-state index contributed by atoms with van der Waals surface area (Å²) in [5, 5.41) is 3.69. The van der Waals surface area contributed by atoms with Crippen LogP contribution in [0.2, 0.25) is 0 Å². The first-order chi connectivity index (χ1) is 9.72. The van der Waals surface area contributed by atoms with Crippen molar-refractivity contribution < 1.29 is 9.53 Å². The fourth-order valence-corrected chi connectivity index (χ4v) is 2.28. The van der Waals surface area contributed by atoms with Gasteiger partial charge >= 0.3 is 0 Å². The Morgan fingerprint density at radius 1 is 1.15 bits per heavy atom. The van der Waals surface area contributed by atoms with Crippen LogP contribution in [0.3, 0.4) is 0 Å². The number of carbonyl (C=O) groups excluding carboxylic acids is 1. The minimum Gasteiger partial charge on any atom is -0.496 e. The first-order valence-corrected chi connectivity index (χ1v) is 7.41. The highest BCUT2D eigenvalue weighted by Crippen LogP contribution is 2.18. The van der Waals surface area contributed by atoms with Crippen LogP contribution in [0.25, 0.3) is 0 Å². The van der Waals surface area contributed by atoms with Crippen LogP contribution in [0, 0.1) is 0 Å². The Hall–Kier alpha value is -1.81. The van der Waals surface area contributed by atoms with E-state index < -0.39 is 0 Å². The highest BCUT2D eigenvalue weighted by Gasteiger charge is 2.08. The second kappa shape index (κ2) is 7.10. The average Bonchev–Trinajstić information content (AvgIpc) is 2.48. The molecule has 4 heteroatoms. The first-order valence-electron chi connectivity index (χ1n) is 6.29. The van der Waals surface area contributed by atoms with Gasteiger partial charge in [-0.25, -0.2) is 0 Å². The van der Waals surface area contributed by atoms with Crippen LogP contribution in [0.15, 0.2) is 48.5 Å². The van der Waals surface area contributed by atoms with Crippen molar-refractivity contribution in [1.82, 2.24) is 0 Å². The van der Waals surface area contributed by atoms with Gasteiger partial charge in [0, 0.05) is 16.6 Å². The zero-order valence-corrected chi connectivity index (χ0v) is 12.8. The highest BCUT2D eigenvalue weighted by atomic mass is 79.9. The van der Waals surface area contributed by atoms with E-state index in [1.807, 2.05) is 48.5 Å². The summed E-state index contributed by atoms with van der Waals surface area (Å²) in [6.45, 7) is 0. The molecule has 1 N–H and O–H groups in total. The summed E-state index contributed by atoms with van der Waals surface area (Å²) in [5.74, 6) is 0.679. The third-order valence-corrected chi connectivity index (χ3v) is 3.58. The second-order valence-corrected chi connectivity index (χ2v) is 4.93. The molecule has 0 saturated heterocycles. The number of para-hydroxylation sites is 1. The number of nitrogens with one attached hydrogen (secondary N) is 1. The molecule has 0 aliphatic heterocycles. The molecule has 2 rings (SSSR count). The Balaban J connectivity index is 2.01. The van der Waals surface area contributed by atoms with Crippen LogP contribution in [-0.4, -0.2) is 13.0 Å². The number of anilines is 1. The molecule has 104 valence electrons. The van der Waals surface area contributed by atoms with Crippen LogP contribution >= 0.6 is 15.9 Å². The zero-order chi connectivity index (χ0) is 14.4. The molecule has 0 spiro atoms. The smallest absolute Gasteiger partial charge is 0.228 e. The summed E-state index contributed by atoms with van der Waals surface area (Å²) in [7, 11) is 1.61. The van der Waals surface area contributed by atoms with E-state index >= 15 is 0 Å². The molecule has 2 aromatic rings. The monoisotopic (exact) mass is 333 g/mol. The summed E-state index contributed by atoms with van der Waals surface area (Å²) in [5.41, 5.74) is 2.85. The minimum atomic E-state index is -0.0545. The molecule has 0 heterocycles. The number of rotatable bonds is 5. The Morgan fingerprint density at radius 2 is 1.85 bits per heavy atom. The number of hydrogen-bond acceptors (Lipinski definition) is 2. The van der Waals surface area contributed by atoms with Crippen LogP contribution in [0.5, 0.6) is 5.75 Å². The van der Waals surface area contributed by atoms with E-state index in [0.29, 0.717) is 6.42 Å². The fraction of sp³-hybridized carbons (Fsp3) is 0.188. The van der Waals surface area contributed by atoms with Crippen molar-refractivity contribution in [3.8, 4) is 5.75 Å². The number of alkyl halides is 1. The molecule has 0 aliphatic rings. The standard InChI is InChI=1S/C16H16BrNO2/c1-20-15-5-3-2-4-13(15)10-16(19)18-14-8-6-12(11-17)7-9-14/h2-9H,10-11H2,1H3,(H,18,19). The summed E-state index contributed by atoms with van der Waals surface area (Å²) in [6, 6.07) is 15.3. The molecular weight excluding hydrogens is 318 g/mol. The average molecular weight is 334 g/mol. The van der Waals surface area contributed by atoms with Crippen molar-refractivity contribution in [2.24, 2.45) is 0 Å². The van der Waals surface area contributed by atoms with Gasteiger partial charge in [-0.15, -0.1) is 0 Å². The highest BCUT2D eigenvalue weighted by molar-refractivity contribution is 9.08. The van der Waals surface area contributed by atoms with E-state index in [9.17, 15) is 4.79 Å². The molecule has 0 saturated carbocycles. The van der Waals surface area contributed by atoms with Gasteiger partial charge in [0.25, 0.3) is 0 Å². The topological polar surface area (TPSA) is 38.3 Å². The number of benzene rings is 2. The maximum absolute atomic E-state index is 12.0. The summed E-state index contributed by atoms with van der Waals surface area (Å²) < 4.78 is 5.24. The van der Waals surface area contributed by atoms with Crippen molar-refractivity contribution >= 4 is 27.5 Å². The quantitative estimate of drug-likeness (QED) is 0.846. The van der Waals surface area contributed by atoms with Gasteiger partial charge in [0.15, 0.2) is 0 Å². The normalized spacial score (nSPS) is 10.1. The lowest BCUT2D eigenvalue weighted by Crippen LogP contribution is -2.14. The van der Waals surface area contributed by atoms with Crippen LogP contribution in [0.1, 0.15) is 11.1 Å². The van der Waals surface area contributed by atoms with Gasteiger partial charge in [-0.3, -0.25) is 4.79 Å². The predicted octanol–water partition coefficient (Wildman–Crippen LogP) is 3.77. The fourth-order valence-electron chi connectivity index (χ4n) is 1.90. The molecule has 0 bridgehead atoms. The van der Waals surface area contributed by atoms with Crippen molar-refractivity contribution in [2.75, 3.05) is 12.4 Å². The summed E-state index contributed by atoms with van der Waals surface area (Å²) >= 11 is 3.39. The molecule has 0 aromatic heterocycles. The van der Waals surface area contributed by atoms with E-state index in [1.165, 1.54) is 5.56 Å². The van der Waals surface area contributed by atoms with Gasteiger partial charge in [0.2, 0.25) is 5.91 Å². The molecule has 2 aromatic carbocycles. The Kier molecular flexibility index (Phi) is 5.18.